The number of nitrogen functional groups attached to an aromatic ring is 1. The van der Waals surface area contributed by atoms with Crippen LogP contribution in [0.5, 0.6) is 5.88 Å². The van der Waals surface area contributed by atoms with Gasteiger partial charge in [0.1, 0.15) is 0 Å². The summed E-state index contributed by atoms with van der Waals surface area (Å²) in [6.45, 7) is 2.73. The lowest BCUT2D eigenvalue weighted by Gasteiger charge is -2.05. The average Bonchev–Trinajstić information content (AvgIpc) is 2.33. The fourth-order valence-electron chi connectivity index (χ4n) is 1.57. The van der Waals surface area contributed by atoms with Gasteiger partial charge in [-0.25, -0.2) is 0 Å². The van der Waals surface area contributed by atoms with Crippen LogP contribution in [0.1, 0.15) is 39.0 Å². The molecule has 1 aromatic rings. The minimum Gasteiger partial charge on any atom is -0.478 e. The summed E-state index contributed by atoms with van der Waals surface area (Å²) in [5, 5.41) is 10.5. The lowest BCUT2D eigenvalue weighted by Crippen LogP contribution is -2.03. The van der Waals surface area contributed by atoms with Gasteiger partial charge < -0.3 is 10.5 Å². The number of hydrogen-bond donors (Lipinski definition) is 1. The van der Waals surface area contributed by atoms with Gasteiger partial charge >= 0.3 is 5.69 Å². The fraction of sp³-hybridized carbons (Fsp3) is 0.583. The van der Waals surface area contributed by atoms with Crippen molar-refractivity contribution >= 4 is 11.5 Å². The molecule has 18 heavy (non-hydrogen) atoms. The Balaban J connectivity index is 2.35. The van der Waals surface area contributed by atoms with E-state index in [1.54, 1.807) is 0 Å². The molecule has 0 saturated carbocycles. The normalized spacial score (nSPS) is 10.3. The van der Waals surface area contributed by atoms with Crippen molar-refractivity contribution in [3.05, 3.63) is 22.2 Å². The second kappa shape index (κ2) is 7.47. The largest absolute Gasteiger partial charge is 0.478 e. The smallest absolute Gasteiger partial charge is 0.311 e. The Bertz CT molecular complexity index is 396. The van der Waals surface area contributed by atoms with Gasteiger partial charge in [-0.15, -0.1) is 0 Å². The van der Waals surface area contributed by atoms with Crippen molar-refractivity contribution in [3.8, 4) is 5.88 Å². The lowest BCUT2D eigenvalue weighted by molar-refractivity contribution is -0.384. The van der Waals surface area contributed by atoms with E-state index in [2.05, 4.69) is 11.9 Å². The van der Waals surface area contributed by atoms with Crippen molar-refractivity contribution in [3.63, 3.8) is 0 Å². The van der Waals surface area contributed by atoms with E-state index in [1.165, 1.54) is 31.4 Å². The Hall–Kier alpha value is -1.85. The molecule has 6 heteroatoms. The van der Waals surface area contributed by atoms with E-state index in [4.69, 9.17) is 10.5 Å². The van der Waals surface area contributed by atoms with E-state index in [1.807, 2.05) is 0 Å². The molecular weight excluding hydrogens is 234 g/mol. The van der Waals surface area contributed by atoms with Gasteiger partial charge in [-0.2, -0.15) is 4.98 Å². The topological polar surface area (TPSA) is 91.3 Å². The third-order valence-electron chi connectivity index (χ3n) is 2.57. The Morgan fingerprint density at radius 3 is 2.67 bits per heavy atom. The van der Waals surface area contributed by atoms with Crippen molar-refractivity contribution in [1.82, 2.24) is 4.98 Å². The number of ether oxygens (including phenoxy) is 1. The molecule has 0 bridgehead atoms. The Labute approximate surface area is 106 Å². The molecule has 0 aliphatic rings. The quantitative estimate of drug-likeness (QED) is 0.437. The van der Waals surface area contributed by atoms with E-state index in [-0.39, 0.29) is 11.5 Å². The van der Waals surface area contributed by atoms with Gasteiger partial charge in [-0.05, 0) is 6.42 Å². The first-order valence-electron chi connectivity index (χ1n) is 6.19. The van der Waals surface area contributed by atoms with Gasteiger partial charge in [0.05, 0.1) is 11.5 Å². The maximum atomic E-state index is 10.5. The standard InChI is InChI=1S/C12H19N3O3/c1-2-3-4-5-6-9-18-11-8-7-10(15(16)17)12(13)14-11/h7-8H,2-6,9H2,1H3,(H2,13,14). The highest BCUT2D eigenvalue weighted by Gasteiger charge is 2.13. The monoisotopic (exact) mass is 253 g/mol. The summed E-state index contributed by atoms with van der Waals surface area (Å²) in [7, 11) is 0. The maximum Gasteiger partial charge on any atom is 0.311 e. The van der Waals surface area contributed by atoms with Gasteiger partial charge in [0.15, 0.2) is 0 Å². The summed E-state index contributed by atoms with van der Waals surface area (Å²) in [4.78, 5) is 13.8. The number of nitrogens with two attached hydrogens (primary N) is 1. The molecule has 100 valence electrons. The van der Waals surface area contributed by atoms with Crippen LogP contribution in [0.2, 0.25) is 0 Å². The number of anilines is 1. The number of aromatic nitrogens is 1. The number of rotatable bonds is 8. The summed E-state index contributed by atoms with van der Waals surface area (Å²) in [6.07, 6.45) is 5.73. The van der Waals surface area contributed by atoms with Crippen LogP contribution >= 0.6 is 0 Å². The minimum absolute atomic E-state index is 0.108. The molecular formula is C12H19N3O3. The van der Waals surface area contributed by atoms with Gasteiger partial charge in [0.25, 0.3) is 0 Å². The number of nitro groups is 1. The molecule has 1 heterocycles. The summed E-state index contributed by atoms with van der Waals surface area (Å²) >= 11 is 0. The highest BCUT2D eigenvalue weighted by Crippen LogP contribution is 2.21. The molecule has 0 atom stereocenters. The lowest BCUT2D eigenvalue weighted by atomic mass is 10.2. The van der Waals surface area contributed by atoms with E-state index in [0.29, 0.717) is 12.5 Å². The Morgan fingerprint density at radius 2 is 2.06 bits per heavy atom. The second-order valence-electron chi connectivity index (χ2n) is 4.07. The molecule has 0 radical (unpaired) electrons. The number of hydrogen-bond acceptors (Lipinski definition) is 5. The molecule has 0 fully saturated rings. The van der Waals surface area contributed by atoms with Crippen LogP contribution in [0.15, 0.2) is 12.1 Å². The molecule has 1 rings (SSSR count). The maximum absolute atomic E-state index is 10.5. The molecule has 0 amide bonds. The molecule has 0 saturated heterocycles. The first-order valence-corrected chi connectivity index (χ1v) is 6.19. The zero-order valence-electron chi connectivity index (χ0n) is 10.6. The third kappa shape index (κ3) is 4.57. The zero-order chi connectivity index (χ0) is 13.4. The highest BCUT2D eigenvalue weighted by atomic mass is 16.6. The van der Waals surface area contributed by atoms with Gasteiger partial charge in [-0.1, -0.05) is 32.6 Å². The number of nitrogens with zero attached hydrogens (tertiary/aromatic N) is 2. The van der Waals surface area contributed by atoms with Crippen molar-refractivity contribution in [2.75, 3.05) is 12.3 Å². The summed E-state index contributed by atoms with van der Waals surface area (Å²) in [5.74, 6) is 0.233. The SMILES string of the molecule is CCCCCCCOc1ccc([N+](=O)[O-])c(N)n1. The number of pyridine rings is 1. The average molecular weight is 253 g/mol. The highest BCUT2D eigenvalue weighted by molar-refractivity contribution is 5.53. The minimum atomic E-state index is -0.559. The van der Waals surface area contributed by atoms with E-state index < -0.39 is 4.92 Å². The van der Waals surface area contributed by atoms with Crippen LogP contribution in [0.3, 0.4) is 0 Å². The van der Waals surface area contributed by atoms with E-state index >= 15 is 0 Å². The Kier molecular flexibility index (Phi) is 5.90. The molecule has 0 spiro atoms. The van der Waals surface area contributed by atoms with Crippen molar-refractivity contribution in [2.24, 2.45) is 0 Å². The molecule has 1 aromatic heterocycles. The summed E-state index contributed by atoms with van der Waals surface area (Å²) in [5.41, 5.74) is 5.27. The molecule has 2 N–H and O–H groups in total. The molecule has 0 aromatic carbocycles. The van der Waals surface area contributed by atoms with Crippen molar-refractivity contribution in [1.29, 1.82) is 0 Å². The van der Waals surface area contributed by atoms with E-state index in [9.17, 15) is 10.1 Å². The van der Waals surface area contributed by atoms with Crippen LogP contribution in [-0.4, -0.2) is 16.5 Å². The molecule has 0 aliphatic carbocycles. The van der Waals surface area contributed by atoms with Gasteiger partial charge in [0, 0.05) is 12.1 Å². The van der Waals surface area contributed by atoms with Crippen molar-refractivity contribution < 1.29 is 9.66 Å². The predicted molar refractivity (Wildman–Crippen MR) is 69.6 cm³/mol. The Morgan fingerprint density at radius 1 is 1.33 bits per heavy atom. The molecule has 0 unspecified atom stereocenters. The number of unbranched alkanes of at least 4 members (excludes halogenated alkanes) is 4. The van der Waals surface area contributed by atoms with Gasteiger partial charge in [0.2, 0.25) is 11.7 Å². The first kappa shape index (κ1) is 14.2. The van der Waals surface area contributed by atoms with Crippen LogP contribution in [0.25, 0.3) is 0 Å². The summed E-state index contributed by atoms with van der Waals surface area (Å²) in [6, 6.07) is 2.79. The summed E-state index contributed by atoms with van der Waals surface area (Å²) < 4.78 is 5.39. The van der Waals surface area contributed by atoms with Crippen molar-refractivity contribution in [2.45, 2.75) is 39.0 Å². The predicted octanol–water partition coefficient (Wildman–Crippen LogP) is 2.92. The molecule has 0 aliphatic heterocycles. The van der Waals surface area contributed by atoms with Crippen LogP contribution in [0, 0.1) is 10.1 Å². The molecule has 6 nitrogen and oxygen atoms in total. The third-order valence-corrected chi connectivity index (χ3v) is 2.57. The fourth-order valence-corrected chi connectivity index (χ4v) is 1.57. The van der Waals surface area contributed by atoms with Crippen LogP contribution in [-0.2, 0) is 0 Å². The zero-order valence-corrected chi connectivity index (χ0v) is 10.6. The van der Waals surface area contributed by atoms with E-state index in [0.717, 1.165) is 12.8 Å². The second-order valence-corrected chi connectivity index (χ2v) is 4.07. The van der Waals surface area contributed by atoms with Gasteiger partial charge in [-0.3, -0.25) is 10.1 Å². The first-order chi connectivity index (χ1) is 8.65. The van der Waals surface area contributed by atoms with Crippen LogP contribution < -0.4 is 10.5 Å². The van der Waals surface area contributed by atoms with Crippen LogP contribution in [0.4, 0.5) is 11.5 Å².